The van der Waals surface area contributed by atoms with Crippen molar-refractivity contribution in [2.45, 2.75) is 44.9 Å². The average Bonchev–Trinajstić information content (AvgIpc) is 3.53. The topological polar surface area (TPSA) is 110 Å². The molecule has 28 heavy (non-hydrogen) atoms. The number of hydrogen-bond donors (Lipinski definition) is 3. The molecule has 0 saturated heterocycles. The van der Waals surface area contributed by atoms with Crippen molar-refractivity contribution >= 4 is 23.7 Å². The number of aryl methyl sites for hydroxylation is 1. The molecule has 148 valence electrons. The minimum absolute atomic E-state index is 0.183. The van der Waals surface area contributed by atoms with E-state index in [-0.39, 0.29) is 5.69 Å². The Morgan fingerprint density at radius 2 is 2.11 bits per heavy atom. The van der Waals surface area contributed by atoms with E-state index in [0.29, 0.717) is 24.7 Å². The summed E-state index contributed by atoms with van der Waals surface area (Å²) in [6.07, 6.45) is 5.23. The highest BCUT2D eigenvalue weighted by atomic mass is 16.1. The summed E-state index contributed by atoms with van der Waals surface area (Å²) in [5.74, 6) is 0.282. The number of benzene rings is 1. The van der Waals surface area contributed by atoms with Gasteiger partial charge in [0.05, 0.1) is 11.4 Å². The van der Waals surface area contributed by atoms with Gasteiger partial charge in [0, 0.05) is 24.6 Å². The molecule has 1 fully saturated rings. The number of amides is 1. The fourth-order valence-electron chi connectivity index (χ4n) is 3.15. The lowest BCUT2D eigenvalue weighted by Crippen LogP contribution is -2.19. The van der Waals surface area contributed by atoms with Gasteiger partial charge in [0.15, 0.2) is 11.5 Å². The Morgan fingerprint density at radius 3 is 2.79 bits per heavy atom. The highest BCUT2D eigenvalue weighted by Gasteiger charge is 2.30. The molecule has 1 heterocycles. The van der Waals surface area contributed by atoms with Gasteiger partial charge in [-0.1, -0.05) is 19.1 Å². The number of nitrogens with zero attached hydrogens (tertiary/aromatic N) is 2. The Labute approximate surface area is 165 Å². The standard InChI is InChI=1S/C21H27N5O2/c1-2-17-18(15-7-8-15)26-21(19(25-17)20(22)28)24-16-6-3-5-14(13-16)9-11-23-10-4-12-27/h3,5-6,12-13,15,23H,2,4,7-11H2,1H3,(H2,22,28)(H,24,26). The summed E-state index contributed by atoms with van der Waals surface area (Å²) in [6, 6.07) is 7.96. The third-order valence-electron chi connectivity index (χ3n) is 4.75. The number of carbonyl (C=O) groups is 2. The Bertz CT molecular complexity index is 849. The number of rotatable bonds is 11. The number of nitrogens with two attached hydrogens (primary N) is 1. The van der Waals surface area contributed by atoms with Crippen molar-refractivity contribution < 1.29 is 9.59 Å². The van der Waals surface area contributed by atoms with Crippen LogP contribution in [0.1, 0.15) is 59.5 Å². The molecule has 0 aliphatic heterocycles. The molecule has 0 atom stereocenters. The third-order valence-corrected chi connectivity index (χ3v) is 4.75. The smallest absolute Gasteiger partial charge is 0.271 e. The lowest BCUT2D eigenvalue weighted by atomic mass is 10.1. The molecule has 1 saturated carbocycles. The lowest BCUT2D eigenvalue weighted by molar-refractivity contribution is -0.107. The van der Waals surface area contributed by atoms with E-state index in [0.717, 1.165) is 61.2 Å². The SMILES string of the molecule is CCc1nc(C(N)=O)c(Nc2cccc(CCNCCC=O)c2)nc1C1CC1. The van der Waals surface area contributed by atoms with Gasteiger partial charge in [-0.2, -0.15) is 0 Å². The summed E-state index contributed by atoms with van der Waals surface area (Å²) in [6.45, 7) is 3.49. The molecular formula is C21H27N5O2. The van der Waals surface area contributed by atoms with Crippen molar-refractivity contribution in [1.29, 1.82) is 0 Å². The van der Waals surface area contributed by atoms with E-state index >= 15 is 0 Å². The second-order valence-corrected chi connectivity index (χ2v) is 7.03. The monoisotopic (exact) mass is 381 g/mol. The van der Waals surface area contributed by atoms with Crippen LogP contribution in [0.3, 0.4) is 0 Å². The van der Waals surface area contributed by atoms with Crippen molar-refractivity contribution in [3.63, 3.8) is 0 Å². The molecule has 1 amide bonds. The minimum atomic E-state index is -0.581. The quantitative estimate of drug-likeness (QED) is 0.407. The zero-order chi connectivity index (χ0) is 19.9. The predicted molar refractivity (Wildman–Crippen MR) is 109 cm³/mol. The zero-order valence-electron chi connectivity index (χ0n) is 16.2. The number of anilines is 2. The molecule has 4 N–H and O–H groups in total. The van der Waals surface area contributed by atoms with Gasteiger partial charge in [0.1, 0.15) is 6.29 Å². The third kappa shape index (κ3) is 5.13. The van der Waals surface area contributed by atoms with Crippen LogP contribution in [-0.4, -0.2) is 35.3 Å². The van der Waals surface area contributed by atoms with Crippen molar-refractivity contribution in [2.75, 3.05) is 18.4 Å². The largest absolute Gasteiger partial charge is 0.364 e. The fraction of sp³-hybridized carbons (Fsp3) is 0.429. The van der Waals surface area contributed by atoms with Crippen molar-refractivity contribution in [3.05, 3.63) is 46.9 Å². The van der Waals surface area contributed by atoms with Gasteiger partial charge in [-0.05, 0) is 49.9 Å². The Balaban J connectivity index is 1.77. The Morgan fingerprint density at radius 1 is 1.29 bits per heavy atom. The van der Waals surface area contributed by atoms with Gasteiger partial charge in [0.25, 0.3) is 5.91 Å². The molecule has 0 radical (unpaired) electrons. The number of nitrogens with one attached hydrogen (secondary N) is 2. The van der Waals surface area contributed by atoms with Crippen molar-refractivity contribution in [3.8, 4) is 0 Å². The van der Waals surface area contributed by atoms with Crippen molar-refractivity contribution in [1.82, 2.24) is 15.3 Å². The molecule has 1 aromatic heterocycles. The van der Waals surface area contributed by atoms with Crippen LogP contribution in [0.5, 0.6) is 0 Å². The molecule has 1 aromatic carbocycles. The van der Waals surface area contributed by atoms with E-state index in [1.54, 1.807) is 0 Å². The van der Waals surface area contributed by atoms with E-state index in [9.17, 15) is 9.59 Å². The van der Waals surface area contributed by atoms with Crippen LogP contribution >= 0.6 is 0 Å². The molecule has 0 unspecified atom stereocenters. The summed E-state index contributed by atoms with van der Waals surface area (Å²) < 4.78 is 0. The zero-order valence-corrected chi connectivity index (χ0v) is 16.2. The summed E-state index contributed by atoms with van der Waals surface area (Å²) in [5, 5.41) is 6.47. The first-order valence-electron chi connectivity index (χ1n) is 9.83. The number of aromatic nitrogens is 2. The van der Waals surface area contributed by atoms with Gasteiger partial charge in [-0.3, -0.25) is 4.79 Å². The summed E-state index contributed by atoms with van der Waals surface area (Å²) in [7, 11) is 0. The maximum atomic E-state index is 11.9. The summed E-state index contributed by atoms with van der Waals surface area (Å²) in [5.41, 5.74) is 9.56. The molecule has 3 rings (SSSR count). The summed E-state index contributed by atoms with van der Waals surface area (Å²) in [4.78, 5) is 31.5. The molecule has 2 aromatic rings. The second kappa shape index (κ2) is 9.41. The van der Waals surface area contributed by atoms with E-state index in [1.807, 2.05) is 31.2 Å². The fourth-order valence-corrected chi connectivity index (χ4v) is 3.15. The molecule has 0 spiro atoms. The molecule has 0 bridgehead atoms. The van der Waals surface area contributed by atoms with Gasteiger partial charge in [-0.25, -0.2) is 9.97 Å². The highest BCUT2D eigenvalue weighted by Crippen LogP contribution is 2.41. The van der Waals surface area contributed by atoms with Crippen LogP contribution in [0, 0.1) is 0 Å². The van der Waals surface area contributed by atoms with Crippen molar-refractivity contribution in [2.24, 2.45) is 5.73 Å². The number of carbonyl (C=O) groups excluding carboxylic acids is 2. The Kier molecular flexibility index (Phi) is 6.71. The van der Waals surface area contributed by atoms with Gasteiger partial charge in [0.2, 0.25) is 0 Å². The lowest BCUT2D eigenvalue weighted by Gasteiger charge is -2.14. The summed E-state index contributed by atoms with van der Waals surface area (Å²) >= 11 is 0. The number of primary amides is 1. The molecule has 7 nitrogen and oxygen atoms in total. The van der Waals surface area contributed by atoms with Crippen LogP contribution in [-0.2, 0) is 17.6 Å². The van der Waals surface area contributed by atoms with E-state index in [1.165, 1.54) is 0 Å². The molecule has 7 heteroatoms. The maximum Gasteiger partial charge on any atom is 0.271 e. The first-order chi connectivity index (χ1) is 13.6. The van der Waals surface area contributed by atoms with Gasteiger partial charge < -0.3 is 21.2 Å². The van der Waals surface area contributed by atoms with Crippen LogP contribution in [0.25, 0.3) is 0 Å². The highest BCUT2D eigenvalue weighted by molar-refractivity contribution is 5.96. The van der Waals surface area contributed by atoms with Crippen LogP contribution in [0.15, 0.2) is 24.3 Å². The molecule has 1 aliphatic carbocycles. The molecular weight excluding hydrogens is 354 g/mol. The maximum absolute atomic E-state index is 11.9. The second-order valence-electron chi connectivity index (χ2n) is 7.03. The Hall–Kier alpha value is -2.80. The van der Waals surface area contributed by atoms with E-state index < -0.39 is 5.91 Å². The molecule has 1 aliphatic rings. The van der Waals surface area contributed by atoms with Crippen LogP contribution in [0.2, 0.25) is 0 Å². The average molecular weight is 381 g/mol. The first-order valence-corrected chi connectivity index (χ1v) is 9.83. The van der Waals surface area contributed by atoms with Gasteiger partial charge >= 0.3 is 0 Å². The minimum Gasteiger partial charge on any atom is -0.364 e. The number of hydrogen-bond acceptors (Lipinski definition) is 6. The number of aldehydes is 1. The normalized spacial score (nSPS) is 13.3. The van der Waals surface area contributed by atoms with E-state index in [4.69, 9.17) is 10.7 Å². The van der Waals surface area contributed by atoms with Gasteiger partial charge in [-0.15, -0.1) is 0 Å². The van der Waals surface area contributed by atoms with E-state index in [2.05, 4.69) is 15.6 Å². The first kappa shape index (κ1) is 19.9. The van der Waals surface area contributed by atoms with Crippen LogP contribution in [0.4, 0.5) is 11.5 Å². The van der Waals surface area contributed by atoms with Crippen LogP contribution < -0.4 is 16.4 Å². The predicted octanol–water partition coefficient (Wildman–Crippen LogP) is 2.48.